The van der Waals surface area contributed by atoms with E-state index in [0.717, 1.165) is 23.5 Å². The highest BCUT2D eigenvalue weighted by Gasteiger charge is 2.30. The largest absolute Gasteiger partial charge is 0.462 e. The molecular formula is C19H15F3N2O3S. The van der Waals surface area contributed by atoms with Gasteiger partial charge in [-0.2, -0.15) is 13.2 Å². The van der Waals surface area contributed by atoms with Crippen LogP contribution in [0, 0.1) is 6.92 Å². The highest BCUT2D eigenvalue weighted by Crippen LogP contribution is 2.30. The number of aromatic amines is 1. The first kappa shape index (κ1) is 19.8. The number of thiophene rings is 1. The molecule has 3 rings (SSSR count). The van der Waals surface area contributed by atoms with Crippen LogP contribution in [0.3, 0.4) is 0 Å². The molecule has 0 fully saturated rings. The summed E-state index contributed by atoms with van der Waals surface area (Å²) < 4.78 is 43.4. The molecule has 0 aliphatic heterocycles. The van der Waals surface area contributed by atoms with Crippen LogP contribution in [0.1, 0.15) is 39.1 Å². The van der Waals surface area contributed by atoms with Crippen molar-refractivity contribution < 1.29 is 22.7 Å². The van der Waals surface area contributed by atoms with Crippen LogP contribution in [0.15, 0.2) is 29.1 Å². The van der Waals surface area contributed by atoms with Gasteiger partial charge in [-0.05, 0) is 43.2 Å². The standard InChI is InChI=1S/C19H15F3N2O3S/c1-3-27-18(26)15-10(2)14-16(25)23-13(24-17(14)28-15)8-7-11-5-4-6-12(9-11)19(20,21)22/h4-9H,3H2,1-2H3,(H,23,24,25)/b8-7+. The third-order valence-corrected chi connectivity index (χ3v) is 5.09. The Balaban J connectivity index is 1.98. The molecule has 1 N–H and O–H groups in total. The predicted molar refractivity (Wildman–Crippen MR) is 101 cm³/mol. The van der Waals surface area contributed by atoms with Gasteiger partial charge in [-0.25, -0.2) is 9.78 Å². The van der Waals surface area contributed by atoms with E-state index in [4.69, 9.17) is 4.74 Å². The number of ether oxygens (including phenoxy) is 1. The Bertz CT molecular complexity index is 1130. The van der Waals surface area contributed by atoms with E-state index in [-0.39, 0.29) is 12.4 Å². The van der Waals surface area contributed by atoms with Crippen LogP contribution in [0.25, 0.3) is 22.4 Å². The Morgan fingerprint density at radius 1 is 1.32 bits per heavy atom. The topological polar surface area (TPSA) is 72.0 Å². The summed E-state index contributed by atoms with van der Waals surface area (Å²) in [5, 5.41) is 0.296. The number of aryl methyl sites for hydroxylation is 1. The van der Waals surface area contributed by atoms with E-state index in [1.54, 1.807) is 13.8 Å². The Kier molecular flexibility index (Phi) is 5.37. The fourth-order valence-corrected chi connectivity index (χ4v) is 3.71. The maximum Gasteiger partial charge on any atom is 0.416 e. The SMILES string of the molecule is CCOC(=O)c1sc2nc(/C=C/c3cccc(C(F)(F)F)c3)[nH]c(=O)c2c1C. The molecular weight excluding hydrogens is 393 g/mol. The molecule has 28 heavy (non-hydrogen) atoms. The van der Waals surface area contributed by atoms with Crippen LogP contribution in [-0.2, 0) is 10.9 Å². The number of nitrogens with one attached hydrogen (secondary N) is 1. The van der Waals surface area contributed by atoms with Gasteiger partial charge in [-0.1, -0.05) is 18.2 Å². The van der Waals surface area contributed by atoms with Crippen LogP contribution in [0.5, 0.6) is 0 Å². The van der Waals surface area contributed by atoms with E-state index < -0.39 is 23.3 Å². The monoisotopic (exact) mass is 408 g/mol. The normalized spacial score (nSPS) is 12.0. The first-order valence-electron chi connectivity index (χ1n) is 8.26. The Morgan fingerprint density at radius 3 is 2.75 bits per heavy atom. The van der Waals surface area contributed by atoms with Gasteiger partial charge in [-0.15, -0.1) is 11.3 Å². The zero-order chi connectivity index (χ0) is 20.5. The van der Waals surface area contributed by atoms with Gasteiger partial charge < -0.3 is 9.72 Å². The smallest absolute Gasteiger partial charge is 0.416 e. The highest BCUT2D eigenvalue weighted by molar-refractivity contribution is 7.20. The number of nitrogens with zero attached hydrogens (tertiary/aromatic N) is 1. The van der Waals surface area contributed by atoms with Crippen LogP contribution in [-0.4, -0.2) is 22.5 Å². The van der Waals surface area contributed by atoms with Crippen molar-refractivity contribution in [2.24, 2.45) is 0 Å². The van der Waals surface area contributed by atoms with Crippen LogP contribution in [0.2, 0.25) is 0 Å². The number of H-pyrrole nitrogens is 1. The van der Waals surface area contributed by atoms with Crippen molar-refractivity contribution in [2.45, 2.75) is 20.0 Å². The number of fused-ring (bicyclic) bond motifs is 1. The second kappa shape index (κ2) is 7.59. The minimum Gasteiger partial charge on any atom is -0.462 e. The summed E-state index contributed by atoms with van der Waals surface area (Å²) in [6, 6.07) is 4.79. The van der Waals surface area contributed by atoms with Gasteiger partial charge in [0.05, 0.1) is 17.6 Å². The molecule has 146 valence electrons. The average Bonchev–Trinajstić information content (AvgIpc) is 2.97. The maximum atomic E-state index is 12.8. The van der Waals surface area contributed by atoms with Crippen molar-refractivity contribution in [3.8, 4) is 0 Å². The summed E-state index contributed by atoms with van der Waals surface area (Å²) in [5.41, 5.74) is -0.398. The maximum absolute atomic E-state index is 12.8. The number of alkyl halides is 3. The lowest BCUT2D eigenvalue weighted by Gasteiger charge is -2.06. The predicted octanol–water partition coefficient (Wildman–Crippen LogP) is 4.66. The molecule has 3 aromatic rings. The molecule has 9 heteroatoms. The molecule has 2 aromatic heterocycles. The van der Waals surface area contributed by atoms with Gasteiger partial charge in [0, 0.05) is 0 Å². The zero-order valence-corrected chi connectivity index (χ0v) is 15.7. The average molecular weight is 408 g/mol. The second-order valence-corrected chi connectivity index (χ2v) is 6.86. The van der Waals surface area contributed by atoms with E-state index in [9.17, 15) is 22.8 Å². The molecule has 0 saturated heterocycles. The molecule has 0 amide bonds. The number of carbonyl (C=O) groups is 1. The molecule has 0 unspecified atom stereocenters. The number of halogens is 3. The molecule has 1 aromatic carbocycles. The van der Waals surface area contributed by atoms with Gasteiger partial charge in [0.2, 0.25) is 0 Å². The minimum absolute atomic E-state index is 0.173. The Labute approximate surface area is 161 Å². The lowest BCUT2D eigenvalue weighted by molar-refractivity contribution is -0.137. The first-order valence-corrected chi connectivity index (χ1v) is 9.08. The molecule has 0 aliphatic carbocycles. The van der Waals surface area contributed by atoms with Crippen LogP contribution >= 0.6 is 11.3 Å². The fourth-order valence-electron chi connectivity index (χ4n) is 2.62. The molecule has 0 radical (unpaired) electrons. The van der Waals surface area contributed by atoms with Gasteiger partial charge >= 0.3 is 12.1 Å². The summed E-state index contributed by atoms with van der Waals surface area (Å²) in [5.74, 6) is -0.352. The first-order chi connectivity index (χ1) is 13.2. The highest BCUT2D eigenvalue weighted by atomic mass is 32.1. The lowest BCUT2D eigenvalue weighted by atomic mass is 10.1. The molecule has 5 nitrogen and oxygen atoms in total. The number of rotatable bonds is 4. The Hall–Kier alpha value is -2.94. The molecule has 0 atom stereocenters. The number of esters is 1. The van der Waals surface area contributed by atoms with E-state index in [0.29, 0.717) is 26.2 Å². The van der Waals surface area contributed by atoms with Crippen molar-refractivity contribution in [3.05, 3.63) is 62.0 Å². The molecule has 0 saturated carbocycles. The van der Waals surface area contributed by atoms with Crippen molar-refractivity contribution >= 4 is 39.7 Å². The summed E-state index contributed by atoms with van der Waals surface area (Å²) in [6.07, 6.45) is -1.60. The van der Waals surface area contributed by atoms with E-state index in [2.05, 4.69) is 9.97 Å². The third kappa shape index (κ3) is 3.99. The van der Waals surface area contributed by atoms with Gasteiger partial charge in [0.15, 0.2) is 0 Å². The van der Waals surface area contributed by atoms with Gasteiger partial charge in [0.25, 0.3) is 5.56 Å². The van der Waals surface area contributed by atoms with Crippen molar-refractivity contribution in [1.29, 1.82) is 0 Å². The van der Waals surface area contributed by atoms with Crippen LogP contribution < -0.4 is 5.56 Å². The number of carbonyl (C=O) groups excluding carboxylic acids is 1. The third-order valence-electron chi connectivity index (χ3n) is 3.93. The van der Waals surface area contributed by atoms with E-state index in [1.807, 2.05) is 0 Å². The van der Waals surface area contributed by atoms with Crippen molar-refractivity contribution in [1.82, 2.24) is 9.97 Å². The number of aromatic nitrogens is 2. The quantitative estimate of drug-likeness (QED) is 0.638. The summed E-state index contributed by atoms with van der Waals surface area (Å²) in [4.78, 5) is 31.9. The molecule has 2 heterocycles. The fraction of sp³-hybridized carbons (Fsp3) is 0.211. The molecule has 0 spiro atoms. The minimum atomic E-state index is -4.44. The molecule has 0 bridgehead atoms. The Morgan fingerprint density at radius 2 is 2.07 bits per heavy atom. The van der Waals surface area contributed by atoms with E-state index in [1.165, 1.54) is 24.3 Å². The summed E-state index contributed by atoms with van der Waals surface area (Å²) in [6.45, 7) is 3.53. The van der Waals surface area contributed by atoms with Gasteiger partial charge in [-0.3, -0.25) is 4.79 Å². The lowest BCUT2D eigenvalue weighted by Crippen LogP contribution is -2.10. The van der Waals surface area contributed by atoms with E-state index >= 15 is 0 Å². The van der Waals surface area contributed by atoms with Crippen molar-refractivity contribution in [2.75, 3.05) is 6.61 Å². The number of benzene rings is 1. The van der Waals surface area contributed by atoms with Crippen molar-refractivity contribution in [3.63, 3.8) is 0 Å². The number of hydrogen-bond donors (Lipinski definition) is 1. The summed E-state index contributed by atoms with van der Waals surface area (Å²) in [7, 11) is 0. The van der Waals surface area contributed by atoms with Gasteiger partial charge in [0.1, 0.15) is 15.5 Å². The van der Waals surface area contributed by atoms with Crippen LogP contribution in [0.4, 0.5) is 13.2 Å². The molecule has 0 aliphatic rings. The zero-order valence-electron chi connectivity index (χ0n) is 14.9. The number of hydrogen-bond acceptors (Lipinski definition) is 5. The second-order valence-electron chi connectivity index (χ2n) is 5.86. The summed E-state index contributed by atoms with van der Waals surface area (Å²) >= 11 is 1.04.